The molecule has 0 aromatic heterocycles. The van der Waals surface area contributed by atoms with Gasteiger partial charge in [0.2, 0.25) is 5.91 Å². The first-order valence-electron chi connectivity index (χ1n) is 7.84. The molecule has 1 unspecified atom stereocenters. The Hall–Kier alpha value is -0.610. The van der Waals surface area contributed by atoms with E-state index in [0.29, 0.717) is 12.6 Å². The average molecular weight is 268 g/mol. The van der Waals surface area contributed by atoms with Crippen molar-refractivity contribution in [2.75, 3.05) is 32.8 Å². The summed E-state index contributed by atoms with van der Waals surface area (Å²) in [6.07, 6.45) is 7.17. The zero-order chi connectivity index (χ0) is 13.5. The fourth-order valence-corrected chi connectivity index (χ4v) is 2.90. The molecule has 4 heteroatoms. The van der Waals surface area contributed by atoms with Gasteiger partial charge in [0.05, 0.1) is 0 Å². The van der Waals surface area contributed by atoms with Crippen LogP contribution in [0.2, 0.25) is 0 Å². The first kappa shape index (κ1) is 14.8. The van der Waals surface area contributed by atoms with E-state index in [2.05, 4.69) is 12.2 Å². The second kappa shape index (κ2) is 7.85. The van der Waals surface area contributed by atoms with Crippen LogP contribution in [0, 0.1) is 5.92 Å². The van der Waals surface area contributed by atoms with E-state index in [1.807, 2.05) is 4.90 Å². The van der Waals surface area contributed by atoms with Crippen LogP contribution < -0.4 is 5.32 Å². The van der Waals surface area contributed by atoms with Crippen LogP contribution in [0.15, 0.2) is 0 Å². The highest BCUT2D eigenvalue weighted by Crippen LogP contribution is 2.16. The molecular weight excluding hydrogens is 240 g/mol. The van der Waals surface area contributed by atoms with Crippen molar-refractivity contribution in [3.8, 4) is 0 Å². The maximum absolute atomic E-state index is 11.9. The summed E-state index contributed by atoms with van der Waals surface area (Å²) in [7, 11) is 0. The second-order valence-corrected chi connectivity index (χ2v) is 6.05. The predicted octanol–water partition coefficient (Wildman–Crippen LogP) is 1.79. The van der Waals surface area contributed by atoms with E-state index in [9.17, 15) is 4.79 Å². The minimum atomic E-state index is 0.170. The molecule has 19 heavy (non-hydrogen) atoms. The standard InChI is InChI=1S/C15H28N2O2/c1-13-5-9-17(10-6-13)15(18)12-19-11-7-14-4-2-3-8-16-14/h13-14,16H,2-12H2,1H3. The lowest BCUT2D eigenvalue weighted by Crippen LogP contribution is -2.40. The van der Waals surface area contributed by atoms with Gasteiger partial charge in [-0.05, 0) is 44.6 Å². The quantitative estimate of drug-likeness (QED) is 0.773. The molecule has 2 rings (SSSR count). The largest absolute Gasteiger partial charge is 0.372 e. The van der Waals surface area contributed by atoms with Gasteiger partial charge in [0.25, 0.3) is 0 Å². The van der Waals surface area contributed by atoms with E-state index in [-0.39, 0.29) is 12.5 Å². The van der Waals surface area contributed by atoms with Gasteiger partial charge in [0, 0.05) is 25.7 Å². The Bertz CT molecular complexity index is 269. The summed E-state index contributed by atoms with van der Waals surface area (Å²) >= 11 is 0. The molecule has 0 aromatic rings. The fraction of sp³-hybridized carbons (Fsp3) is 0.933. The summed E-state index contributed by atoms with van der Waals surface area (Å²) in [6, 6.07) is 0.597. The molecule has 0 radical (unpaired) electrons. The monoisotopic (exact) mass is 268 g/mol. The number of piperidine rings is 2. The molecule has 2 fully saturated rings. The first-order chi connectivity index (χ1) is 9.25. The van der Waals surface area contributed by atoms with E-state index >= 15 is 0 Å². The van der Waals surface area contributed by atoms with Crippen molar-refractivity contribution in [2.45, 2.75) is 51.5 Å². The minimum absolute atomic E-state index is 0.170. The third kappa shape index (κ3) is 5.11. The molecule has 1 atom stereocenters. The third-order valence-electron chi connectivity index (χ3n) is 4.38. The normalized spacial score (nSPS) is 25.5. The number of carbonyl (C=O) groups excluding carboxylic acids is 1. The number of nitrogens with one attached hydrogen (secondary N) is 1. The summed E-state index contributed by atoms with van der Waals surface area (Å²) < 4.78 is 5.55. The van der Waals surface area contributed by atoms with Gasteiger partial charge in [0.15, 0.2) is 0 Å². The van der Waals surface area contributed by atoms with Crippen LogP contribution in [-0.4, -0.2) is 49.7 Å². The summed E-state index contributed by atoms with van der Waals surface area (Å²) in [6.45, 7) is 6.18. The molecule has 0 saturated carbocycles. The Morgan fingerprint density at radius 3 is 2.74 bits per heavy atom. The Morgan fingerprint density at radius 1 is 1.26 bits per heavy atom. The molecule has 0 aromatic carbocycles. The van der Waals surface area contributed by atoms with Gasteiger partial charge in [-0.1, -0.05) is 13.3 Å². The highest BCUT2D eigenvalue weighted by atomic mass is 16.5. The maximum Gasteiger partial charge on any atom is 0.248 e. The topological polar surface area (TPSA) is 41.6 Å². The molecule has 2 heterocycles. The van der Waals surface area contributed by atoms with Gasteiger partial charge in [-0.15, -0.1) is 0 Å². The van der Waals surface area contributed by atoms with Gasteiger partial charge in [-0.25, -0.2) is 0 Å². The van der Waals surface area contributed by atoms with E-state index in [1.54, 1.807) is 0 Å². The third-order valence-corrected chi connectivity index (χ3v) is 4.38. The molecular formula is C15H28N2O2. The molecule has 0 bridgehead atoms. The van der Waals surface area contributed by atoms with E-state index < -0.39 is 0 Å². The van der Waals surface area contributed by atoms with Crippen molar-refractivity contribution in [1.29, 1.82) is 0 Å². The van der Waals surface area contributed by atoms with Crippen molar-refractivity contribution in [3.05, 3.63) is 0 Å². The van der Waals surface area contributed by atoms with Gasteiger partial charge in [0.1, 0.15) is 6.61 Å². The van der Waals surface area contributed by atoms with Gasteiger partial charge >= 0.3 is 0 Å². The Kier molecular flexibility index (Phi) is 6.11. The number of amides is 1. The molecule has 1 amide bonds. The first-order valence-corrected chi connectivity index (χ1v) is 7.84. The van der Waals surface area contributed by atoms with E-state index in [1.165, 1.54) is 19.3 Å². The van der Waals surface area contributed by atoms with E-state index in [0.717, 1.165) is 44.8 Å². The molecule has 2 aliphatic rings. The molecule has 0 spiro atoms. The van der Waals surface area contributed by atoms with Crippen LogP contribution in [0.25, 0.3) is 0 Å². The van der Waals surface area contributed by atoms with Crippen molar-refractivity contribution >= 4 is 5.91 Å². The van der Waals surface area contributed by atoms with Crippen LogP contribution in [-0.2, 0) is 9.53 Å². The molecule has 4 nitrogen and oxygen atoms in total. The lowest BCUT2D eigenvalue weighted by Gasteiger charge is -2.30. The number of rotatable bonds is 5. The summed E-state index contributed by atoms with van der Waals surface area (Å²) in [5, 5.41) is 3.50. The maximum atomic E-state index is 11.9. The molecule has 2 aliphatic heterocycles. The number of ether oxygens (including phenoxy) is 1. The van der Waals surface area contributed by atoms with Crippen LogP contribution >= 0.6 is 0 Å². The number of hydrogen-bond acceptors (Lipinski definition) is 3. The highest BCUT2D eigenvalue weighted by Gasteiger charge is 2.20. The molecule has 0 aliphatic carbocycles. The number of nitrogens with zero attached hydrogens (tertiary/aromatic N) is 1. The van der Waals surface area contributed by atoms with Gasteiger partial charge in [-0.3, -0.25) is 4.79 Å². The lowest BCUT2D eigenvalue weighted by molar-refractivity contribution is -0.137. The van der Waals surface area contributed by atoms with Crippen LogP contribution in [0.3, 0.4) is 0 Å². The van der Waals surface area contributed by atoms with E-state index in [4.69, 9.17) is 4.74 Å². The highest BCUT2D eigenvalue weighted by molar-refractivity contribution is 5.77. The second-order valence-electron chi connectivity index (χ2n) is 6.05. The molecule has 110 valence electrons. The Balaban J connectivity index is 1.53. The van der Waals surface area contributed by atoms with Gasteiger partial charge in [-0.2, -0.15) is 0 Å². The average Bonchev–Trinajstić information content (AvgIpc) is 2.45. The zero-order valence-electron chi connectivity index (χ0n) is 12.2. The number of likely N-dealkylation sites (tertiary alicyclic amines) is 1. The Labute approximate surface area is 116 Å². The number of carbonyl (C=O) groups is 1. The summed E-state index contributed by atoms with van der Waals surface area (Å²) in [5.74, 6) is 0.936. The van der Waals surface area contributed by atoms with Gasteiger partial charge < -0.3 is 15.0 Å². The molecule has 2 saturated heterocycles. The summed E-state index contributed by atoms with van der Waals surface area (Å²) in [5.41, 5.74) is 0. The van der Waals surface area contributed by atoms with Crippen LogP contribution in [0.1, 0.15) is 45.4 Å². The fourth-order valence-electron chi connectivity index (χ4n) is 2.90. The predicted molar refractivity (Wildman–Crippen MR) is 76.1 cm³/mol. The minimum Gasteiger partial charge on any atom is -0.372 e. The smallest absolute Gasteiger partial charge is 0.248 e. The van der Waals surface area contributed by atoms with Crippen molar-refractivity contribution in [1.82, 2.24) is 10.2 Å². The SMILES string of the molecule is CC1CCN(C(=O)COCCC2CCCCN2)CC1. The van der Waals surface area contributed by atoms with Crippen molar-refractivity contribution in [3.63, 3.8) is 0 Å². The van der Waals surface area contributed by atoms with Crippen molar-refractivity contribution < 1.29 is 9.53 Å². The molecule has 1 N–H and O–H groups in total. The Morgan fingerprint density at radius 2 is 2.05 bits per heavy atom. The summed E-state index contributed by atoms with van der Waals surface area (Å²) in [4.78, 5) is 13.9. The number of hydrogen-bond donors (Lipinski definition) is 1. The zero-order valence-corrected chi connectivity index (χ0v) is 12.2. The lowest BCUT2D eigenvalue weighted by atomic mass is 9.99. The van der Waals surface area contributed by atoms with Crippen LogP contribution in [0.4, 0.5) is 0 Å². The van der Waals surface area contributed by atoms with Crippen LogP contribution in [0.5, 0.6) is 0 Å². The van der Waals surface area contributed by atoms with Crippen molar-refractivity contribution in [2.24, 2.45) is 5.92 Å².